The van der Waals surface area contributed by atoms with E-state index in [2.05, 4.69) is 25.2 Å². The van der Waals surface area contributed by atoms with Crippen LogP contribution < -0.4 is 5.32 Å². The van der Waals surface area contributed by atoms with Gasteiger partial charge < -0.3 is 5.32 Å². The molecule has 3 nitrogen and oxygen atoms in total. The van der Waals surface area contributed by atoms with Crippen molar-refractivity contribution in [1.29, 1.82) is 5.26 Å². The van der Waals surface area contributed by atoms with E-state index in [0.717, 1.165) is 37.7 Å². The number of unbranched alkanes of at least 4 members (excludes halogenated alkanes) is 1. The maximum Gasteiger partial charge on any atom is 0.237 e. The molecule has 0 heterocycles. The largest absolute Gasteiger partial charge is 0.352 e. The van der Waals surface area contributed by atoms with Crippen molar-refractivity contribution in [3.8, 4) is 6.07 Å². The predicted molar refractivity (Wildman–Crippen MR) is 85.6 cm³/mol. The number of amides is 1. The Labute approximate surface area is 128 Å². The normalized spacial score (nSPS) is 13.2. The smallest absolute Gasteiger partial charge is 0.237 e. The number of carbonyl (C=O) groups excluding carboxylic acids is 1. The molecule has 2 atom stereocenters. The molecule has 1 rings (SSSR count). The second-order valence-corrected chi connectivity index (χ2v) is 5.51. The second-order valence-electron chi connectivity index (χ2n) is 5.51. The minimum Gasteiger partial charge on any atom is -0.352 e. The lowest BCUT2D eigenvalue weighted by Crippen LogP contribution is -2.39. The quantitative estimate of drug-likeness (QED) is 0.749. The van der Waals surface area contributed by atoms with Crippen LogP contribution in [0.1, 0.15) is 51.5 Å². The molecule has 0 radical (unpaired) electrons. The second kappa shape index (κ2) is 9.99. The van der Waals surface area contributed by atoms with Gasteiger partial charge in [-0.3, -0.25) is 4.79 Å². The van der Waals surface area contributed by atoms with E-state index in [4.69, 9.17) is 0 Å². The highest BCUT2D eigenvalue weighted by molar-refractivity contribution is 5.81. The molecule has 0 aliphatic rings. The maximum atomic E-state index is 12.3. The molecule has 0 aliphatic heterocycles. The first kappa shape index (κ1) is 17.2. The molecule has 3 heteroatoms. The zero-order valence-corrected chi connectivity index (χ0v) is 13.1. The van der Waals surface area contributed by atoms with E-state index in [-0.39, 0.29) is 11.9 Å². The SMILES string of the molecule is CCCCC(CCC)NC(=O)C(C#N)Cc1ccccc1. The van der Waals surface area contributed by atoms with Crippen molar-refractivity contribution in [1.82, 2.24) is 5.32 Å². The van der Waals surface area contributed by atoms with Gasteiger partial charge in [0.15, 0.2) is 0 Å². The molecular weight excluding hydrogens is 260 g/mol. The van der Waals surface area contributed by atoms with Gasteiger partial charge in [0.2, 0.25) is 5.91 Å². The fraction of sp³-hybridized carbons (Fsp3) is 0.556. The summed E-state index contributed by atoms with van der Waals surface area (Å²) < 4.78 is 0. The molecule has 114 valence electrons. The monoisotopic (exact) mass is 286 g/mol. The van der Waals surface area contributed by atoms with Gasteiger partial charge in [-0.15, -0.1) is 0 Å². The molecule has 2 unspecified atom stereocenters. The lowest BCUT2D eigenvalue weighted by molar-refractivity contribution is -0.124. The first-order valence-electron chi connectivity index (χ1n) is 7.95. The number of rotatable bonds is 9. The minimum atomic E-state index is -0.603. The third kappa shape index (κ3) is 6.44. The molecule has 0 bridgehead atoms. The third-order valence-electron chi connectivity index (χ3n) is 3.64. The van der Waals surface area contributed by atoms with E-state index in [9.17, 15) is 10.1 Å². The Balaban J connectivity index is 2.59. The highest BCUT2D eigenvalue weighted by Crippen LogP contribution is 2.11. The van der Waals surface area contributed by atoms with Crippen LogP contribution in [0.3, 0.4) is 0 Å². The van der Waals surface area contributed by atoms with E-state index in [1.807, 2.05) is 30.3 Å². The summed E-state index contributed by atoms with van der Waals surface area (Å²) in [7, 11) is 0. The minimum absolute atomic E-state index is 0.129. The van der Waals surface area contributed by atoms with Crippen LogP contribution in [0.25, 0.3) is 0 Å². The number of hydrogen-bond donors (Lipinski definition) is 1. The average Bonchev–Trinajstić information content (AvgIpc) is 2.51. The fourth-order valence-electron chi connectivity index (χ4n) is 2.44. The highest BCUT2D eigenvalue weighted by Gasteiger charge is 2.21. The molecule has 1 aromatic carbocycles. The van der Waals surface area contributed by atoms with Crippen LogP contribution in [0.15, 0.2) is 30.3 Å². The standard InChI is InChI=1S/C18H26N2O/c1-3-5-12-17(9-4-2)20-18(21)16(14-19)13-15-10-7-6-8-11-15/h6-8,10-11,16-17H,3-5,9,12-13H2,1-2H3,(H,20,21). The van der Waals surface area contributed by atoms with E-state index in [1.54, 1.807) is 0 Å². The van der Waals surface area contributed by atoms with Crippen LogP contribution in [0.2, 0.25) is 0 Å². The van der Waals surface area contributed by atoms with Crippen LogP contribution in [0.5, 0.6) is 0 Å². The molecule has 1 N–H and O–H groups in total. The Morgan fingerprint density at radius 3 is 2.48 bits per heavy atom. The van der Waals surface area contributed by atoms with Crippen molar-refractivity contribution >= 4 is 5.91 Å². The van der Waals surface area contributed by atoms with Crippen molar-refractivity contribution in [3.05, 3.63) is 35.9 Å². The molecular formula is C18H26N2O. The first-order chi connectivity index (χ1) is 10.2. The van der Waals surface area contributed by atoms with E-state index < -0.39 is 5.92 Å². The average molecular weight is 286 g/mol. The van der Waals surface area contributed by atoms with Gasteiger partial charge in [0.05, 0.1) is 6.07 Å². The van der Waals surface area contributed by atoms with Gasteiger partial charge in [0, 0.05) is 6.04 Å². The van der Waals surface area contributed by atoms with Crippen molar-refractivity contribution in [2.45, 2.75) is 58.4 Å². The lowest BCUT2D eigenvalue weighted by Gasteiger charge is -2.19. The van der Waals surface area contributed by atoms with Crippen LogP contribution >= 0.6 is 0 Å². The molecule has 1 aromatic rings. The number of benzene rings is 1. The van der Waals surface area contributed by atoms with Crippen LogP contribution in [0.4, 0.5) is 0 Å². The third-order valence-corrected chi connectivity index (χ3v) is 3.64. The highest BCUT2D eigenvalue weighted by atomic mass is 16.1. The Hall–Kier alpha value is -1.82. The summed E-state index contributed by atoms with van der Waals surface area (Å²) in [6.07, 6.45) is 5.75. The number of nitriles is 1. The van der Waals surface area contributed by atoms with Gasteiger partial charge in [0.1, 0.15) is 5.92 Å². The number of nitrogens with zero attached hydrogens (tertiary/aromatic N) is 1. The zero-order chi connectivity index (χ0) is 15.5. The van der Waals surface area contributed by atoms with E-state index in [0.29, 0.717) is 6.42 Å². The molecule has 0 spiro atoms. The van der Waals surface area contributed by atoms with Crippen molar-refractivity contribution in [2.24, 2.45) is 5.92 Å². The summed E-state index contributed by atoms with van der Waals surface area (Å²) >= 11 is 0. The van der Waals surface area contributed by atoms with Gasteiger partial charge in [0.25, 0.3) is 0 Å². The van der Waals surface area contributed by atoms with Gasteiger partial charge in [-0.05, 0) is 24.8 Å². The van der Waals surface area contributed by atoms with Gasteiger partial charge >= 0.3 is 0 Å². The predicted octanol–water partition coefficient (Wildman–Crippen LogP) is 3.84. The summed E-state index contributed by atoms with van der Waals surface area (Å²) in [6.45, 7) is 4.27. The zero-order valence-electron chi connectivity index (χ0n) is 13.1. The summed E-state index contributed by atoms with van der Waals surface area (Å²) in [4.78, 5) is 12.3. The molecule has 1 amide bonds. The molecule has 0 aromatic heterocycles. The first-order valence-corrected chi connectivity index (χ1v) is 7.95. The van der Waals surface area contributed by atoms with Gasteiger partial charge in [-0.2, -0.15) is 5.26 Å². The van der Waals surface area contributed by atoms with E-state index in [1.165, 1.54) is 0 Å². The summed E-state index contributed by atoms with van der Waals surface area (Å²) in [6, 6.07) is 12.1. The topological polar surface area (TPSA) is 52.9 Å². The Morgan fingerprint density at radius 2 is 1.90 bits per heavy atom. The summed E-state index contributed by atoms with van der Waals surface area (Å²) in [5, 5.41) is 12.3. The fourth-order valence-corrected chi connectivity index (χ4v) is 2.44. The number of carbonyl (C=O) groups is 1. The lowest BCUT2D eigenvalue weighted by atomic mass is 9.98. The molecule has 0 fully saturated rings. The van der Waals surface area contributed by atoms with Crippen LogP contribution in [0, 0.1) is 17.2 Å². The van der Waals surface area contributed by atoms with Gasteiger partial charge in [-0.25, -0.2) is 0 Å². The number of hydrogen-bond acceptors (Lipinski definition) is 2. The molecule has 0 aliphatic carbocycles. The van der Waals surface area contributed by atoms with E-state index >= 15 is 0 Å². The summed E-state index contributed by atoms with van der Waals surface area (Å²) in [5.41, 5.74) is 1.03. The van der Waals surface area contributed by atoms with Crippen molar-refractivity contribution in [3.63, 3.8) is 0 Å². The molecule has 0 saturated carbocycles. The Kier molecular flexibility index (Phi) is 8.19. The number of nitrogens with one attached hydrogen (secondary N) is 1. The van der Waals surface area contributed by atoms with Crippen molar-refractivity contribution in [2.75, 3.05) is 0 Å². The molecule has 0 saturated heterocycles. The molecule has 21 heavy (non-hydrogen) atoms. The van der Waals surface area contributed by atoms with Crippen LogP contribution in [-0.4, -0.2) is 11.9 Å². The van der Waals surface area contributed by atoms with Crippen molar-refractivity contribution < 1.29 is 4.79 Å². The Morgan fingerprint density at radius 1 is 1.19 bits per heavy atom. The van der Waals surface area contributed by atoms with Crippen LogP contribution in [-0.2, 0) is 11.2 Å². The Bertz CT molecular complexity index is 450. The summed E-state index contributed by atoms with van der Waals surface area (Å²) in [5.74, 6) is -0.732. The maximum absolute atomic E-state index is 12.3. The van der Waals surface area contributed by atoms with Gasteiger partial charge in [-0.1, -0.05) is 63.4 Å².